The van der Waals surface area contributed by atoms with Crippen LogP contribution >= 0.6 is 0 Å². The maximum absolute atomic E-state index is 12.7. The van der Waals surface area contributed by atoms with Gasteiger partial charge in [-0.15, -0.1) is 0 Å². The summed E-state index contributed by atoms with van der Waals surface area (Å²) in [5, 5.41) is 8.96. The monoisotopic (exact) mass is 182 g/mol. The van der Waals surface area contributed by atoms with Gasteiger partial charge in [-0.25, -0.2) is 9.37 Å². The number of hydrogen-bond acceptors (Lipinski definition) is 3. The maximum atomic E-state index is 12.7. The Morgan fingerprint density at radius 2 is 2.23 bits per heavy atom. The summed E-state index contributed by atoms with van der Waals surface area (Å²) in [7, 11) is 0. The van der Waals surface area contributed by atoms with Gasteiger partial charge in [0.1, 0.15) is 22.8 Å². The lowest BCUT2D eigenvalue weighted by Gasteiger charge is -2.01. The largest absolute Gasteiger partial charge is 0.506 e. The molecule has 0 unspecified atom stereocenters. The lowest BCUT2D eigenvalue weighted by Crippen LogP contribution is -2.14. The SMILES string of the molecule is C=C(O)c1nc[nH]c(=O)c1C(=C)F. The third-order valence-electron chi connectivity index (χ3n) is 1.40. The molecule has 1 aromatic rings. The molecule has 68 valence electrons. The summed E-state index contributed by atoms with van der Waals surface area (Å²) in [5.41, 5.74) is -1.29. The Morgan fingerprint density at radius 1 is 1.62 bits per heavy atom. The molecule has 5 heteroatoms. The van der Waals surface area contributed by atoms with Gasteiger partial charge >= 0.3 is 0 Å². The molecule has 0 fully saturated rings. The lowest BCUT2D eigenvalue weighted by molar-refractivity contribution is 0.509. The zero-order valence-corrected chi connectivity index (χ0v) is 6.67. The molecule has 1 rings (SSSR count). The summed E-state index contributed by atoms with van der Waals surface area (Å²) < 4.78 is 12.7. The number of aliphatic hydroxyl groups excluding tert-OH is 1. The van der Waals surface area contributed by atoms with Crippen molar-refractivity contribution in [2.24, 2.45) is 0 Å². The Labute approximate surface area is 73.1 Å². The van der Waals surface area contributed by atoms with E-state index < -0.39 is 22.7 Å². The fourth-order valence-electron chi connectivity index (χ4n) is 0.870. The van der Waals surface area contributed by atoms with E-state index in [1.165, 1.54) is 0 Å². The van der Waals surface area contributed by atoms with Crippen LogP contribution in [0.15, 0.2) is 24.3 Å². The molecule has 0 aromatic carbocycles. The van der Waals surface area contributed by atoms with Gasteiger partial charge in [-0.05, 0) is 0 Å². The molecule has 0 radical (unpaired) electrons. The molecular formula is C8H7FN2O2. The average Bonchev–Trinajstić information content (AvgIpc) is 2.02. The van der Waals surface area contributed by atoms with Crippen molar-refractivity contribution in [2.75, 3.05) is 0 Å². The number of H-pyrrole nitrogens is 1. The van der Waals surface area contributed by atoms with Crippen LogP contribution in [0.1, 0.15) is 11.3 Å². The molecule has 0 aliphatic heterocycles. The quantitative estimate of drug-likeness (QED) is 0.676. The highest BCUT2D eigenvalue weighted by molar-refractivity contribution is 5.68. The van der Waals surface area contributed by atoms with Crippen molar-refractivity contribution in [3.8, 4) is 0 Å². The summed E-state index contributed by atoms with van der Waals surface area (Å²) in [6.45, 7) is 6.09. The van der Waals surface area contributed by atoms with Crippen LogP contribution in [-0.2, 0) is 0 Å². The van der Waals surface area contributed by atoms with Crippen molar-refractivity contribution in [3.05, 3.63) is 41.1 Å². The average molecular weight is 182 g/mol. The van der Waals surface area contributed by atoms with E-state index >= 15 is 0 Å². The number of aromatic nitrogens is 2. The van der Waals surface area contributed by atoms with Gasteiger partial charge in [0.05, 0.1) is 6.33 Å². The van der Waals surface area contributed by atoms with Crippen molar-refractivity contribution >= 4 is 11.6 Å². The van der Waals surface area contributed by atoms with Gasteiger partial charge in [-0.3, -0.25) is 4.79 Å². The maximum Gasteiger partial charge on any atom is 0.261 e. The lowest BCUT2D eigenvalue weighted by atomic mass is 10.2. The van der Waals surface area contributed by atoms with E-state index in [2.05, 4.69) is 23.1 Å². The smallest absolute Gasteiger partial charge is 0.261 e. The first-order chi connectivity index (χ1) is 6.04. The first kappa shape index (κ1) is 9.18. The Bertz CT molecular complexity index is 422. The zero-order chi connectivity index (χ0) is 10.0. The normalized spacial score (nSPS) is 9.62. The van der Waals surface area contributed by atoms with Gasteiger partial charge in [0, 0.05) is 0 Å². The summed E-state index contributed by atoms with van der Waals surface area (Å²) in [5.74, 6) is -1.43. The van der Waals surface area contributed by atoms with Crippen molar-refractivity contribution in [3.63, 3.8) is 0 Å². The van der Waals surface area contributed by atoms with Gasteiger partial charge in [0.25, 0.3) is 5.56 Å². The standard InChI is InChI=1S/C8H7FN2O2/c1-4(9)6-7(5(2)12)10-3-11-8(6)13/h3,12H,1-2H2,(H,10,11,13). The Morgan fingerprint density at radius 3 is 2.62 bits per heavy atom. The first-order valence-corrected chi connectivity index (χ1v) is 3.34. The predicted molar refractivity (Wildman–Crippen MR) is 46.7 cm³/mol. The van der Waals surface area contributed by atoms with E-state index in [-0.39, 0.29) is 5.69 Å². The second-order valence-corrected chi connectivity index (χ2v) is 2.31. The number of nitrogens with one attached hydrogen (secondary N) is 1. The summed E-state index contributed by atoms with van der Waals surface area (Å²) in [6, 6.07) is 0. The molecule has 0 bridgehead atoms. The second-order valence-electron chi connectivity index (χ2n) is 2.31. The minimum Gasteiger partial charge on any atom is -0.506 e. The van der Waals surface area contributed by atoms with E-state index in [9.17, 15) is 9.18 Å². The fraction of sp³-hybridized carbons (Fsp3) is 0. The topological polar surface area (TPSA) is 66.0 Å². The highest BCUT2D eigenvalue weighted by Gasteiger charge is 2.13. The van der Waals surface area contributed by atoms with Crippen molar-refractivity contribution in [1.82, 2.24) is 9.97 Å². The number of halogens is 1. The van der Waals surface area contributed by atoms with Gasteiger partial charge in [0.2, 0.25) is 0 Å². The van der Waals surface area contributed by atoms with Crippen molar-refractivity contribution < 1.29 is 9.50 Å². The number of nitrogens with zero attached hydrogens (tertiary/aromatic N) is 1. The van der Waals surface area contributed by atoms with Gasteiger partial charge in [-0.2, -0.15) is 0 Å². The summed E-state index contributed by atoms with van der Waals surface area (Å²) in [4.78, 5) is 16.7. The van der Waals surface area contributed by atoms with Crippen LogP contribution in [0.25, 0.3) is 11.6 Å². The molecule has 0 amide bonds. The molecular weight excluding hydrogens is 175 g/mol. The minimum atomic E-state index is -0.959. The second kappa shape index (κ2) is 3.22. The Kier molecular flexibility index (Phi) is 2.27. The fourth-order valence-corrected chi connectivity index (χ4v) is 0.870. The van der Waals surface area contributed by atoms with Crippen LogP contribution in [0.4, 0.5) is 4.39 Å². The number of aliphatic hydroxyl groups is 1. The zero-order valence-electron chi connectivity index (χ0n) is 6.67. The van der Waals surface area contributed by atoms with E-state index in [0.29, 0.717) is 0 Å². The molecule has 4 nitrogen and oxygen atoms in total. The first-order valence-electron chi connectivity index (χ1n) is 3.34. The molecule has 0 aliphatic carbocycles. The number of aromatic amines is 1. The molecule has 0 atom stereocenters. The van der Waals surface area contributed by atoms with E-state index in [1.54, 1.807) is 0 Å². The van der Waals surface area contributed by atoms with Crippen LogP contribution in [0.3, 0.4) is 0 Å². The van der Waals surface area contributed by atoms with Gasteiger partial charge in [-0.1, -0.05) is 13.2 Å². The third-order valence-corrected chi connectivity index (χ3v) is 1.40. The number of hydrogen-bond donors (Lipinski definition) is 2. The van der Waals surface area contributed by atoms with Crippen LogP contribution in [0, 0.1) is 0 Å². The van der Waals surface area contributed by atoms with Crippen LogP contribution in [0.5, 0.6) is 0 Å². The van der Waals surface area contributed by atoms with Gasteiger partial charge in [0.15, 0.2) is 0 Å². The van der Waals surface area contributed by atoms with Crippen LogP contribution < -0.4 is 5.56 Å². The van der Waals surface area contributed by atoms with Crippen molar-refractivity contribution in [2.45, 2.75) is 0 Å². The molecule has 2 N–H and O–H groups in total. The molecule has 0 aliphatic rings. The number of rotatable bonds is 2. The minimum absolute atomic E-state index is 0.198. The highest BCUT2D eigenvalue weighted by atomic mass is 19.1. The van der Waals surface area contributed by atoms with Crippen LogP contribution in [0.2, 0.25) is 0 Å². The molecule has 1 heterocycles. The Hall–Kier alpha value is -1.91. The van der Waals surface area contributed by atoms with Crippen molar-refractivity contribution in [1.29, 1.82) is 0 Å². The molecule has 13 heavy (non-hydrogen) atoms. The Balaban J connectivity index is 3.52. The molecule has 0 saturated carbocycles. The predicted octanol–water partition coefficient (Wildman–Crippen LogP) is 1.24. The van der Waals surface area contributed by atoms with E-state index in [4.69, 9.17) is 5.11 Å². The van der Waals surface area contributed by atoms with E-state index in [1.807, 2.05) is 0 Å². The molecule has 0 spiro atoms. The molecule has 0 saturated heterocycles. The highest BCUT2D eigenvalue weighted by Crippen LogP contribution is 2.16. The summed E-state index contributed by atoms with van der Waals surface area (Å²) >= 11 is 0. The van der Waals surface area contributed by atoms with Crippen LogP contribution in [-0.4, -0.2) is 15.1 Å². The third kappa shape index (κ3) is 1.64. The summed E-state index contributed by atoms with van der Waals surface area (Å²) in [6.07, 6.45) is 1.05. The van der Waals surface area contributed by atoms with E-state index in [0.717, 1.165) is 6.33 Å². The molecule has 1 aromatic heterocycles. The van der Waals surface area contributed by atoms with Gasteiger partial charge < -0.3 is 10.1 Å².